The zero-order valence-electron chi connectivity index (χ0n) is 3.45. The lowest BCUT2D eigenvalue weighted by Crippen LogP contribution is -1.94. The van der Waals surface area contributed by atoms with Crippen LogP contribution in [0.2, 0.25) is 0 Å². The van der Waals surface area contributed by atoms with E-state index < -0.39 is 5.82 Å². The van der Waals surface area contributed by atoms with Crippen molar-refractivity contribution in [2.24, 2.45) is 0 Å². The molecule has 0 N–H and O–H groups in total. The molecular formula is C3H6ClFO. The molecule has 0 saturated heterocycles. The van der Waals surface area contributed by atoms with Gasteiger partial charge in [-0.3, -0.25) is 0 Å². The molecule has 0 aliphatic rings. The first-order chi connectivity index (χ1) is 2.77. The van der Waals surface area contributed by atoms with Gasteiger partial charge in [-0.2, -0.15) is 4.39 Å². The molecule has 0 bridgehead atoms. The maximum atomic E-state index is 11.2. The van der Waals surface area contributed by atoms with Crippen LogP contribution >= 0.6 is 11.6 Å². The molecule has 1 atom stereocenters. The minimum Gasteiger partial charge on any atom is -0.336 e. The zero-order chi connectivity index (χ0) is 4.99. The molecule has 3 heteroatoms. The largest absolute Gasteiger partial charge is 0.336 e. The van der Waals surface area contributed by atoms with Crippen LogP contribution in [0, 0.1) is 0 Å². The van der Waals surface area contributed by atoms with Crippen molar-refractivity contribution < 1.29 is 9.13 Å². The van der Waals surface area contributed by atoms with Gasteiger partial charge < -0.3 is 4.74 Å². The SMILES string of the molecule is CCOC(F)Cl. The summed E-state index contributed by atoms with van der Waals surface area (Å²) in [4.78, 5) is 0. The Bertz CT molecular complexity index is 32.0. The molecule has 38 valence electrons. The van der Waals surface area contributed by atoms with Gasteiger partial charge in [0, 0.05) is 6.61 Å². The van der Waals surface area contributed by atoms with Gasteiger partial charge in [0.25, 0.3) is 5.82 Å². The predicted octanol–water partition coefficient (Wildman–Crippen LogP) is 1.51. The molecule has 0 amide bonds. The van der Waals surface area contributed by atoms with Gasteiger partial charge in [-0.15, -0.1) is 0 Å². The molecule has 6 heavy (non-hydrogen) atoms. The Hall–Kier alpha value is 0.180. The van der Waals surface area contributed by atoms with Crippen LogP contribution in [0.3, 0.4) is 0 Å². The van der Waals surface area contributed by atoms with Crippen LogP contribution in [0.5, 0.6) is 0 Å². The molecule has 0 aromatic carbocycles. The summed E-state index contributed by atoms with van der Waals surface area (Å²) in [7, 11) is 0. The lowest BCUT2D eigenvalue weighted by molar-refractivity contribution is 0.0306. The Balaban J connectivity index is 2.63. The van der Waals surface area contributed by atoms with Crippen molar-refractivity contribution in [1.29, 1.82) is 0 Å². The Kier molecular flexibility index (Phi) is 3.47. The maximum absolute atomic E-state index is 11.2. The van der Waals surface area contributed by atoms with Crippen molar-refractivity contribution in [3.8, 4) is 0 Å². The number of hydrogen-bond acceptors (Lipinski definition) is 1. The first-order valence-corrected chi connectivity index (χ1v) is 2.10. The third-order valence-electron chi connectivity index (χ3n) is 0.293. The quantitative estimate of drug-likeness (QED) is 0.492. The van der Waals surface area contributed by atoms with Crippen LogP contribution in [-0.4, -0.2) is 12.4 Å². The molecule has 0 aliphatic heterocycles. The van der Waals surface area contributed by atoms with Crippen LogP contribution in [0.4, 0.5) is 4.39 Å². The second-order valence-electron chi connectivity index (χ2n) is 0.716. The Morgan fingerprint density at radius 2 is 2.50 bits per heavy atom. The fourth-order valence-corrected chi connectivity index (χ4v) is 0.252. The highest BCUT2D eigenvalue weighted by atomic mass is 35.5. The Labute approximate surface area is 41.1 Å². The lowest BCUT2D eigenvalue weighted by atomic mass is 10.9. The number of hydrogen-bond donors (Lipinski definition) is 0. The highest BCUT2D eigenvalue weighted by molar-refractivity contribution is 6.18. The maximum Gasteiger partial charge on any atom is 0.276 e. The molecule has 0 rings (SSSR count). The van der Waals surface area contributed by atoms with E-state index in [1.54, 1.807) is 6.92 Å². The first kappa shape index (κ1) is 6.18. The average Bonchev–Trinajstić information content (AvgIpc) is 1.35. The van der Waals surface area contributed by atoms with E-state index >= 15 is 0 Å². The summed E-state index contributed by atoms with van der Waals surface area (Å²) < 4.78 is 15.4. The fraction of sp³-hybridized carbons (Fsp3) is 1.00. The second-order valence-corrected chi connectivity index (χ2v) is 1.06. The van der Waals surface area contributed by atoms with Crippen molar-refractivity contribution in [3.05, 3.63) is 0 Å². The summed E-state index contributed by atoms with van der Waals surface area (Å²) in [6.45, 7) is 2.00. The van der Waals surface area contributed by atoms with E-state index in [1.165, 1.54) is 0 Å². The van der Waals surface area contributed by atoms with Crippen molar-refractivity contribution in [2.45, 2.75) is 12.7 Å². The summed E-state index contributed by atoms with van der Waals surface area (Å²) in [6, 6.07) is 0. The Morgan fingerprint density at radius 3 is 2.50 bits per heavy atom. The van der Waals surface area contributed by atoms with Gasteiger partial charge in [0.05, 0.1) is 0 Å². The van der Waals surface area contributed by atoms with Crippen LogP contribution in [0.1, 0.15) is 6.92 Å². The van der Waals surface area contributed by atoms with Gasteiger partial charge in [0.1, 0.15) is 0 Å². The first-order valence-electron chi connectivity index (χ1n) is 1.67. The van der Waals surface area contributed by atoms with Crippen molar-refractivity contribution in [1.82, 2.24) is 0 Å². The highest BCUT2D eigenvalue weighted by Crippen LogP contribution is 1.96. The molecule has 0 aromatic rings. The summed E-state index contributed by atoms with van der Waals surface area (Å²) in [5, 5.41) is 0. The van der Waals surface area contributed by atoms with E-state index in [-0.39, 0.29) is 0 Å². The topological polar surface area (TPSA) is 9.23 Å². The van der Waals surface area contributed by atoms with Crippen molar-refractivity contribution in [3.63, 3.8) is 0 Å². The Morgan fingerprint density at radius 1 is 2.00 bits per heavy atom. The van der Waals surface area contributed by atoms with Gasteiger partial charge in [-0.05, 0) is 6.92 Å². The van der Waals surface area contributed by atoms with Crippen LogP contribution in [-0.2, 0) is 4.74 Å². The van der Waals surface area contributed by atoms with Crippen LogP contribution in [0.15, 0.2) is 0 Å². The monoisotopic (exact) mass is 112 g/mol. The molecule has 0 fully saturated rings. The average molecular weight is 113 g/mol. The molecule has 0 heterocycles. The fourth-order valence-electron chi connectivity index (χ4n) is 0.126. The van der Waals surface area contributed by atoms with E-state index in [4.69, 9.17) is 0 Å². The second kappa shape index (κ2) is 3.37. The molecule has 0 aliphatic carbocycles. The predicted molar refractivity (Wildman–Crippen MR) is 22.4 cm³/mol. The third kappa shape index (κ3) is 4.18. The number of halogens is 2. The lowest BCUT2D eigenvalue weighted by Gasteiger charge is -1.93. The summed E-state index contributed by atoms with van der Waals surface area (Å²) in [5.74, 6) is -1.63. The van der Waals surface area contributed by atoms with Crippen molar-refractivity contribution >= 4 is 11.6 Å². The van der Waals surface area contributed by atoms with E-state index in [9.17, 15) is 4.39 Å². The summed E-state index contributed by atoms with van der Waals surface area (Å²) >= 11 is 4.69. The molecule has 1 nitrogen and oxygen atoms in total. The van der Waals surface area contributed by atoms with E-state index in [0.717, 1.165) is 0 Å². The smallest absolute Gasteiger partial charge is 0.276 e. The number of ether oxygens (including phenoxy) is 1. The minimum absolute atomic E-state index is 0.324. The molecule has 0 spiro atoms. The van der Waals surface area contributed by atoms with Gasteiger partial charge in [-0.1, -0.05) is 11.6 Å². The summed E-state index contributed by atoms with van der Waals surface area (Å²) in [5.41, 5.74) is 0. The van der Waals surface area contributed by atoms with Crippen LogP contribution in [0.25, 0.3) is 0 Å². The molecule has 0 aromatic heterocycles. The molecular weight excluding hydrogens is 106 g/mol. The van der Waals surface area contributed by atoms with E-state index in [2.05, 4.69) is 16.3 Å². The van der Waals surface area contributed by atoms with Gasteiger partial charge in [-0.25, -0.2) is 0 Å². The van der Waals surface area contributed by atoms with Crippen molar-refractivity contribution in [2.75, 3.05) is 6.61 Å². The summed E-state index contributed by atoms with van der Waals surface area (Å²) in [6.07, 6.45) is 0. The minimum atomic E-state index is -1.63. The van der Waals surface area contributed by atoms with E-state index in [0.29, 0.717) is 6.61 Å². The molecule has 1 unspecified atom stereocenters. The third-order valence-corrected chi connectivity index (χ3v) is 0.419. The standard InChI is InChI=1S/C3H6ClFO/c1-2-6-3(4)5/h3H,2H2,1H3. The molecule has 0 saturated carbocycles. The number of alkyl halides is 2. The van der Waals surface area contributed by atoms with Gasteiger partial charge in [0.2, 0.25) is 0 Å². The normalized spacial score (nSPS) is 14.5. The molecule has 0 radical (unpaired) electrons. The van der Waals surface area contributed by atoms with Gasteiger partial charge >= 0.3 is 0 Å². The zero-order valence-corrected chi connectivity index (χ0v) is 4.20. The number of rotatable bonds is 2. The van der Waals surface area contributed by atoms with E-state index in [1.807, 2.05) is 0 Å². The van der Waals surface area contributed by atoms with Gasteiger partial charge in [0.15, 0.2) is 0 Å². The highest BCUT2D eigenvalue weighted by Gasteiger charge is 1.92. The van der Waals surface area contributed by atoms with Crippen LogP contribution < -0.4 is 0 Å².